The number of rotatable bonds is 2. The summed E-state index contributed by atoms with van der Waals surface area (Å²) < 4.78 is 6.36. The second-order valence-electron chi connectivity index (χ2n) is 4.19. The second-order valence-corrected chi connectivity index (χ2v) is 5.05. The van der Waals surface area contributed by atoms with Crippen LogP contribution in [-0.4, -0.2) is 19.0 Å². The zero-order chi connectivity index (χ0) is 11.5. The van der Waals surface area contributed by atoms with E-state index in [1.165, 1.54) is 0 Å². The van der Waals surface area contributed by atoms with Crippen LogP contribution in [0.3, 0.4) is 0 Å². The lowest BCUT2D eigenvalue weighted by molar-refractivity contribution is 0.0461. The Morgan fingerprint density at radius 2 is 2.31 bits per heavy atom. The van der Waals surface area contributed by atoms with Crippen molar-refractivity contribution in [2.45, 2.75) is 19.8 Å². The highest BCUT2D eigenvalue weighted by molar-refractivity contribution is 9.10. The summed E-state index contributed by atoms with van der Waals surface area (Å²) in [6, 6.07) is 5.77. The van der Waals surface area contributed by atoms with Crippen molar-refractivity contribution in [2.75, 3.05) is 13.2 Å². The van der Waals surface area contributed by atoms with Gasteiger partial charge < -0.3 is 4.74 Å². The molecule has 1 aromatic carbocycles. The van der Waals surface area contributed by atoms with Crippen LogP contribution in [0.1, 0.15) is 28.8 Å². The van der Waals surface area contributed by atoms with Gasteiger partial charge in [-0.1, -0.05) is 28.1 Å². The van der Waals surface area contributed by atoms with Gasteiger partial charge in [-0.25, -0.2) is 0 Å². The molecule has 2 rings (SSSR count). The second kappa shape index (κ2) is 5.11. The molecule has 1 aliphatic heterocycles. The minimum atomic E-state index is 0.0433. The zero-order valence-corrected chi connectivity index (χ0v) is 10.9. The van der Waals surface area contributed by atoms with E-state index in [1.807, 2.05) is 25.1 Å². The molecule has 86 valence electrons. The molecule has 0 aromatic heterocycles. The van der Waals surface area contributed by atoms with Gasteiger partial charge in [0.1, 0.15) is 0 Å². The number of benzene rings is 1. The molecular formula is C13H15BrO2. The summed E-state index contributed by atoms with van der Waals surface area (Å²) in [6.07, 6.45) is 1.94. The summed E-state index contributed by atoms with van der Waals surface area (Å²) in [6.45, 7) is 3.34. The molecule has 2 nitrogen and oxygen atoms in total. The normalized spacial score (nSPS) is 20.8. The number of halogens is 1. The highest BCUT2D eigenvalue weighted by Crippen LogP contribution is 2.25. The van der Waals surface area contributed by atoms with Crippen LogP contribution in [0.5, 0.6) is 0 Å². The Morgan fingerprint density at radius 3 is 3.00 bits per heavy atom. The summed E-state index contributed by atoms with van der Waals surface area (Å²) in [7, 11) is 0. The SMILES string of the molecule is Cc1c(Br)cccc1C(=O)C1CCCOC1. The van der Waals surface area contributed by atoms with Crippen LogP contribution in [0.15, 0.2) is 22.7 Å². The Bertz CT molecular complexity index is 395. The summed E-state index contributed by atoms with van der Waals surface area (Å²) in [5.74, 6) is 0.264. The van der Waals surface area contributed by atoms with E-state index in [4.69, 9.17) is 4.74 Å². The first-order valence-electron chi connectivity index (χ1n) is 5.57. The minimum Gasteiger partial charge on any atom is -0.381 e. The molecule has 0 bridgehead atoms. The van der Waals surface area contributed by atoms with E-state index >= 15 is 0 Å². The van der Waals surface area contributed by atoms with Crippen LogP contribution in [-0.2, 0) is 4.74 Å². The molecule has 0 spiro atoms. The Labute approximate surface area is 104 Å². The molecule has 0 amide bonds. The van der Waals surface area contributed by atoms with E-state index in [0.29, 0.717) is 6.61 Å². The lowest BCUT2D eigenvalue weighted by atomic mass is 9.91. The van der Waals surface area contributed by atoms with Gasteiger partial charge in [-0.3, -0.25) is 4.79 Å². The van der Waals surface area contributed by atoms with Crippen molar-refractivity contribution < 1.29 is 9.53 Å². The van der Waals surface area contributed by atoms with Crippen LogP contribution in [0.2, 0.25) is 0 Å². The molecule has 3 heteroatoms. The number of hydrogen-bond acceptors (Lipinski definition) is 2. The average molecular weight is 283 g/mol. The fourth-order valence-electron chi connectivity index (χ4n) is 2.04. The van der Waals surface area contributed by atoms with Gasteiger partial charge in [0.25, 0.3) is 0 Å². The van der Waals surface area contributed by atoms with Crippen molar-refractivity contribution in [3.05, 3.63) is 33.8 Å². The number of carbonyl (C=O) groups excluding carboxylic acids is 1. The predicted molar refractivity (Wildman–Crippen MR) is 66.8 cm³/mol. The average Bonchev–Trinajstić information content (AvgIpc) is 2.33. The monoisotopic (exact) mass is 282 g/mol. The quantitative estimate of drug-likeness (QED) is 0.778. The van der Waals surface area contributed by atoms with Gasteiger partial charge in [-0.15, -0.1) is 0 Å². The Hall–Kier alpha value is -0.670. The topological polar surface area (TPSA) is 26.3 Å². The summed E-state index contributed by atoms with van der Waals surface area (Å²) in [5.41, 5.74) is 1.85. The van der Waals surface area contributed by atoms with E-state index < -0.39 is 0 Å². The van der Waals surface area contributed by atoms with Crippen molar-refractivity contribution in [3.63, 3.8) is 0 Å². The van der Waals surface area contributed by atoms with Gasteiger partial charge in [0, 0.05) is 22.6 Å². The molecule has 1 fully saturated rings. The first-order chi connectivity index (χ1) is 7.70. The maximum absolute atomic E-state index is 12.3. The van der Waals surface area contributed by atoms with Crippen molar-refractivity contribution in [1.82, 2.24) is 0 Å². The van der Waals surface area contributed by atoms with E-state index in [-0.39, 0.29) is 11.7 Å². The Kier molecular flexibility index (Phi) is 3.77. The zero-order valence-electron chi connectivity index (χ0n) is 9.33. The number of ketones is 1. The van der Waals surface area contributed by atoms with Crippen LogP contribution in [0.4, 0.5) is 0 Å². The Morgan fingerprint density at radius 1 is 1.50 bits per heavy atom. The first kappa shape index (κ1) is 11.8. The van der Waals surface area contributed by atoms with E-state index in [1.54, 1.807) is 0 Å². The summed E-state index contributed by atoms with van der Waals surface area (Å²) in [4.78, 5) is 12.3. The van der Waals surface area contributed by atoms with Crippen molar-refractivity contribution >= 4 is 21.7 Å². The lowest BCUT2D eigenvalue weighted by Gasteiger charge is -2.21. The van der Waals surface area contributed by atoms with Gasteiger partial charge >= 0.3 is 0 Å². The van der Waals surface area contributed by atoms with Crippen molar-refractivity contribution in [2.24, 2.45) is 5.92 Å². The summed E-state index contributed by atoms with van der Waals surface area (Å²) in [5, 5.41) is 0. The van der Waals surface area contributed by atoms with E-state index in [0.717, 1.165) is 35.0 Å². The first-order valence-corrected chi connectivity index (χ1v) is 6.36. The summed E-state index contributed by atoms with van der Waals surface area (Å²) >= 11 is 3.45. The third kappa shape index (κ3) is 2.36. The molecule has 1 saturated heterocycles. The highest BCUT2D eigenvalue weighted by Gasteiger charge is 2.24. The van der Waals surface area contributed by atoms with Gasteiger partial charge in [-0.05, 0) is 31.4 Å². The van der Waals surface area contributed by atoms with Crippen molar-refractivity contribution in [1.29, 1.82) is 0 Å². The fourth-order valence-corrected chi connectivity index (χ4v) is 2.41. The molecule has 16 heavy (non-hydrogen) atoms. The van der Waals surface area contributed by atoms with E-state index in [2.05, 4.69) is 15.9 Å². The number of ether oxygens (including phenoxy) is 1. The maximum Gasteiger partial charge on any atom is 0.168 e. The maximum atomic E-state index is 12.3. The fraction of sp³-hybridized carbons (Fsp3) is 0.462. The predicted octanol–water partition coefficient (Wildman–Crippen LogP) is 3.37. The van der Waals surface area contributed by atoms with Crippen LogP contribution in [0, 0.1) is 12.8 Å². The number of carbonyl (C=O) groups is 1. The number of hydrogen-bond donors (Lipinski definition) is 0. The molecule has 1 heterocycles. The standard InChI is InChI=1S/C13H15BrO2/c1-9-11(5-2-6-12(9)14)13(15)10-4-3-7-16-8-10/h2,5-6,10H,3-4,7-8H2,1H3. The smallest absolute Gasteiger partial charge is 0.168 e. The molecule has 0 N–H and O–H groups in total. The number of Topliss-reactive ketones (excluding diaryl/α,β-unsaturated/α-hetero) is 1. The molecule has 0 saturated carbocycles. The minimum absolute atomic E-state index is 0.0433. The molecule has 1 unspecified atom stereocenters. The lowest BCUT2D eigenvalue weighted by Crippen LogP contribution is -2.25. The van der Waals surface area contributed by atoms with Crippen LogP contribution < -0.4 is 0 Å². The molecule has 0 radical (unpaired) electrons. The Balaban J connectivity index is 2.22. The van der Waals surface area contributed by atoms with Crippen LogP contribution in [0.25, 0.3) is 0 Å². The molecule has 0 aliphatic carbocycles. The largest absolute Gasteiger partial charge is 0.381 e. The van der Waals surface area contributed by atoms with Crippen molar-refractivity contribution in [3.8, 4) is 0 Å². The molecule has 1 atom stereocenters. The third-order valence-corrected chi connectivity index (χ3v) is 3.92. The van der Waals surface area contributed by atoms with Crippen LogP contribution >= 0.6 is 15.9 Å². The highest BCUT2D eigenvalue weighted by atomic mass is 79.9. The third-order valence-electron chi connectivity index (χ3n) is 3.06. The van der Waals surface area contributed by atoms with E-state index in [9.17, 15) is 4.79 Å². The van der Waals surface area contributed by atoms with Gasteiger partial charge in [0.05, 0.1) is 6.61 Å². The van der Waals surface area contributed by atoms with Gasteiger partial charge in [0.2, 0.25) is 0 Å². The van der Waals surface area contributed by atoms with Gasteiger partial charge in [0.15, 0.2) is 5.78 Å². The molecular weight excluding hydrogens is 268 g/mol. The molecule has 1 aromatic rings. The van der Waals surface area contributed by atoms with Gasteiger partial charge in [-0.2, -0.15) is 0 Å². The molecule has 1 aliphatic rings.